The lowest BCUT2D eigenvalue weighted by Crippen LogP contribution is -2.39. The van der Waals surface area contributed by atoms with E-state index in [2.05, 4.69) is 66.5 Å². The fourth-order valence-electron chi connectivity index (χ4n) is 4.28. The Morgan fingerprint density at radius 2 is 1.40 bits per heavy atom. The van der Waals surface area contributed by atoms with Crippen molar-refractivity contribution in [2.75, 3.05) is 63.6 Å². The van der Waals surface area contributed by atoms with Crippen LogP contribution in [0.5, 0.6) is 0 Å². The number of unbranched alkanes of at least 4 members (excludes halogenated alkanes) is 2. The SMILES string of the molecule is CC.CCCCCNc1c(NCCNC(C)C)c(=O)c1=O.CNCc1ccc(C(=O)NCCOCCC(=O)NCCCC(C)C)cc1. The minimum atomic E-state index is -0.400. The third-order valence-electron chi connectivity index (χ3n) is 6.85. The van der Waals surface area contributed by atoms with Crippen molar-refractivity contribution < 1.29 is 14.3 Å². The molecule has 2 aromatic carbocycles. The van der Waals surface area contributed by atoms with Crippen molar-refractivity contribution in [3.63, 3.8) is 0 Å². The van der Waals surface area contributed by atoms with Gasteiger partial charge in [0.25, 0.3) is 16.8 Å². The number of rotatable bonds is 23. The van der Waals surface area contributed by atoms with Gasteiger partial charge in [-0.25, -0.2) is 0 Å². The summed E-state index contributed by atoms with van der Waals surface area (Å²) in [6.45, 7) is 19.5. The van der Waals surface area contributed by atoms with E-state index in [1.54, 1.807) is 0 Å². The average Bonchev–Trinajstić information content (AvgIpc) is 3.06. The molecule has 2 aromatic rings. The molecule has 47 heavy (non-hydrogen) atoms. The fourth-order valence-corrected chi connectivity index (χ4v) is 4.28. The Balaban J connectivity index is 0.000000892. The molecule has 0 unspecified atom stereocenters. The molecule has 2 amide bonds. The average molecular weight is 661 g/mol. The number of hydrogen-bond donors (Lipinski definition) is 6. The topological polar surface area (TPSA) is 150 Å². The number of amides is 2. The van der Waals surface area contributed by atoms with E-state index in [0.29, 0.717) is 61.6 Å². The van der Waals surface area contributed by atoms with Gasteiger partial charge in [-0.05, 0) is 49.9 Å². The number of hydrogen-bond acceptors (Lipinski definition) is 9. The molecule has 0 saturated heterocycles. The minimum absolute atomic E-state index is 0.0134. The summed E-state index contributed by atoms with van der Waals surface area (Å²) in [7, 11) is 1.89. The van der Waals surface area contributed by atoms with Crippen LogP contribution in [0.4, 0.5) is 11.4 Å². The van der Waals surface area contributed by atoms with Crippen molar-refractivity contribution in [3.8, 4) is 0 Å². The first-order valence-corrected chi connectivity index (χ1v) is 17.5. The first kappa shape index (κ1) is 43.7. The van der Waals surface area contributed by atoms with Crippen LogP contribution in [-0.2, 0) is 16.1 Å². The molecule has 11 heteroatoms. The number of carbonyl (C=O) groups is 2. The van der Waals surface area contributed by atoms with Gasteiger partial charge in [0.2, 0.25) is 5.91 Å². The van der Waals surface area contributed by atoms with Crippen molar-refractivity contribution in [2.24, 2.45) is 5.92 Å². The number of carbonyl (C=O) groups excluding carboxylic acids is 2. The van der Waals surface area contributed by atoms with E-state index in [4.69, 9.17) is 4.74 Å². The summed E-state index contributed by atoms with van der Waals surface area (Å²) in [4.78, 5) is 46.5. The largest absolute Gasteiger partial charge is 0.380 e. The van der Waals surface area contributed by atoms with Crippen LogP contribution < -0.4 is 42.8 Å². The molecule has 11 nitrogen and oxygen atoms in total. The summed E-state index contributed by atoms with van der Waals surface area (Å²) >= 11 is 0. The van der Waals surface area contributed by atoms with Crippen LogP contribution in [0.25, 0.3) is 0 Å². The third kappa shape index (κ3) is 20.5. The monoisotopic (exact) mass is 660 g/mol. The fraction of sp³-hybridized carbons (Fsp3) is 0.667. The van der Waals surface area contributed by atoms with Crippen LogP contribution in [0, 0.1) is 5.92 Å². The Bertz CT molecular complexity index is 1160. The summed E-state index contributed by atoms with van der Waals surface area (Å²) < 4.78 is 5.40. The molecule has 0 radical (unpaired) electrons. The van der Waals surface area contributed by atoms with Crippen LogP contribution >= 0.6 is 0 Å². The Morgan fingerprint density at radius 1 is 0.766 bits per heavy atom. The highest BCUT2D eigenvalue weighted by molar-refractivity contribution is 5.94. The second-order valence-corrected chi connectivity index (χ2v) is 11.8. The molecule has 0 atom stereocenters. The summed E-state index contributed by atoms with van der Waals surface area (Å²) in [5, 5.41) is 18.1. The van der Waals surface area contributed by atoms with E-state index in [9.17, 15) is 19.2 Å². The zero-order chi connectivity index (χ0) is 35.5. The van der Waals surface area contributed by atoms with Crippen molar-refractivity contribution in [2.45, 2.75) is 99.6 Å². The van der Waals surface area contributed by atoms with Crippen LogP contribution in [0.2, 0.25) is 0 Å². The summed E-state index contributed by atoms with van der Waals surface area (Å²) in [6, 6.07) is 7.91. The molecule has 268 valence electrons. The van der Waals surface area contributed by atoms with E-state index in [1.807, 2.05) is 45.2 Å². The highest BCUT2D eigenvalue weighted by Crippen LogP contribution is 2.14. The molecule has 0 fully saturated rings. The van der Waals surface area contributed by atoms with Crippen LogP contribution in [0.15, 0.2) is 33.9 Å². The number of nitrogens with one attached hydrogen (secondary N) is 6. The Morgan fingerprint density at radius 3 is 1.98 bits per heavy atom. The predicted octanol–water partition coefficient (Wildman–Crippen LogP) is 4.42. The molecule has 0 bridgehead atoms. The van der Waals surface area contributed by atoms with Gasteiger partial charge >= 0.3 is 0 Å². The Kier molecular flexibility index (Phi) is 25.9. The van der Waals surface area contributed by atoms with Gasteiger partial charge in [0.05, 0.1) is 13.2 Å². The molecule has 0 heterocycles. The van der Waals surface area contributed by atoms with E-state index in [1.165, 1.54) is 0 Å². The van der Waals surface area contributed by atoms with E-state index < -0.39 is 10.9 Å². The second kappa shape index (κ2) is 27.8. The summed E-state index contributed by atoms with van der Waals surface area (Å²) in [6.07, 6.45) is 5.76. The molecule has 6 N–H and O–H groups in total. The zero-order valence-electron chi connectivity index (χ0n) is 30.4. The molecule has 0 spiro atoms. The molecule has 0 aromatic heterocycles. The first-order valence-electron chi connectivity index (χ1n) is 17.5. The zero-order valence-corrected chi connectivity index (χ0v) is 30.4. The number of anilines is 2. The van der Waals surface area contributed by atoms with Gasteiger partial charge in [0.15, 0.2) is 0 Å². The van der Waals surface area contributed by atoms with Gasteiger partial charge in [0.1, 0.15) is 11.4 Å². The highest BCUT2D eigenvalue weighted by Gasteiger charge is 2.19. The molecule has 0 aliphatic heterocycles. The maximum atomic E-state index is 12.0. The molecular weight excluding hydrogens is 596 g/mol. The lowest BCUT2D eigenvalue weighted by atomic mass is 10.1. The quantitative estimate of drug-likeness (QED) is 0.0753. The van der Waals surface area contributed by atoms with Gasteiger partial charge < -0.3 is 36.6 Å². The van der Waals surface area contributed by atoms with Gasteiger partial charge in [-0.1, -0.05) is 73.4 Å². The molecular formula is C36H64N6O5. The van der Waals surface area contributed by atoms with Gasteiger partial charge in [-0.3, -0.25) is 19.2 Å². The van der Waals surface area contributed by atoms with E-state index >= 15 is 0 Å². The van der Waals surface area contributed by atoms with E-state index in [-0.39, 0.29) is 11.8 Å². The van der Waals surface area contributed by atoms with Gasteiger partial charge in [-0.2, -0.15) is 0 Å². The van der Waals surface area contributed by atoms with E-state index in [0.717, 1.165) is 63.8 Å². The Labute approximate surface area is 283 Å². The third-order valence-corrected chi connectivity index (χ3v) is 6.85. The van der Waals surface area contributed by atoms with Crippen molar-refractivity contribution in [3.05, 3.63) is 55.8 Å². The van der Waals surface area contributed by atoms with Crippen molar-refractivity contribution >= 4 is 23.2 Å². The molecule has 0 aliphatic carbocycles. The maximum absolute atomic E-state index is 12.0. The lowest BCUT2D eigenvalue weighted by molar-refractivity contribution is -0.122. The second-order valence-electron chi connectivity index (χ2n) is 11.8. The maximum Gasteiger partial charge on any atom is 0.253 e. The lowest BCUT2D eigenvalue weighted by Gasteiger charge is -2.15. The normalized spacial score (nSPS) is 10.6. The molecule has 0 aliphatic rings. The standard InChI is InChI=1S/C20H33N3O3.C14H25N3O2.C2H6/c1-16(2)5-4-11-22-19(24)10-13-26-14-12-23-20(25)18-8-6-17(7-9-18)15-21-3;1-4-5-6-7-16-11-12(14(19)13(11)18)17-9-8-15-10(2)3;1-2/h6-9,16,21H,4-5,10-15H2,1-3H3,(H,22,24)(H,23,25);10,15-17H,4-9H2,1-3H3;1-2H3. The summed E-state index contributed by atoms with van der Waals surface area (Å²) in [5.41, 5.74) is 1.89. The number of benzene rings is 1. The Hall–Kier alpha value is -3.28. The first-order chi connectivity index (χ1) is 22.6. The highest BCUT2D eigenvalue weighted by atomic mass is 16.5. The smallest absolute Gasteiger partial charge is 0.253 e. The van der Waals surface area contributed by atoms with Crippen LogP contribution in [0.3, 0.4) is 0 Å². The van der Waals surface area contributed by atoms with Crippen LogP contribution in [0.1, 0.15) is 103 Å². The van der Waals surface area contributed by atoms with Gasteiger partial charge in [0, 0.05) is 57.3 Å². The minimum Gasteiger partial charge on any atom is -0.380 e. The number of ether oxygens (including phenoxy) is 1. The molecule has 2 rings (SSSR count). The van der Waals surface area contributed by atoms with Crippen molar-refractivity contribution in [1.29, 1.82) is 0 Å². The molecule has 0 saturated carbocycles. The van der Waals surface area contributed by atoms with Crippen molar-refractivity contribution in [1.82, 2.24) is 21.3 Å². The summed E-state index contributed by atoms with van der Waals surface area (Å²) in [5.74, 6) is 0.559. The predicted molar refractivity (Wildman–Crippen MR) is 196 cm³/mol. The van der Waals surface area contributed by atoms with Gasteiger partial charge in [-0.15, -0.1) is 0 Å². The van der Waals surface area contributed by atoms with Crippen LogP contribution in [-0.4, -0.2) is 70.8 Å².